The van der Waals surface area contributed by atoms with Crippen molar-refractivity contribution in [2.75, 3.05) is 0 Å². The second-order valence-electron chi connectivity index (χ2n) is 3.55. The number of hydrogen-bond donors (Lipinski definition) is 1. The van der Waals surface area contributed by atoms with Crippen LogP contribution < -0.4 is 0 Å². The summed E-state index contributed by atoms with van der Waals surface area (Å²) >= 11 is 6.82. The number of nitrogens with one attached hydrogen (secondary N) is 1. The molecule has 2 rings (SSSR count). The molecule has 0 aromatic carbocycles. The molecule has 0 saturated heterocycles. The summed E-state index contributed by atoms with van der Waals surface area (Å²) in [6.45, 7) is 4.91. The maximum absolute atomic E-state index is 5.19. The number of thiazole rings is 1. The third-order valence-electron chi connectivity index (χ3n) is 2.08. The number of hydrogen-bond acceptors (Lipinski definition) is 4. The zero-order valence-electron chi connectivity index (χ0n) is 8.60. The van der Waals surface area contributed by atoms with Crippen LogP contribution in [0, 0.1) is 4.77 Å². The number of H-pyrrole nitrogens is 1. The van der Waals surface area contributed by atoms with E-state index in [1.807, 2.05) is 9.95 Å². The van der Waals surface area contributed by atoms with Crippen LogP contribution in [0.15, 0.2) is 11.6 Å². The molecule has 2 aromatic heterocycles. The average Bonchev–Trinajstić information content (AvgIpc) is 2.78. The van der Waals surface area contributed by atoms with Gasteiger partial charge in [-0.15, -0.1) is 11.3 Å². The van der Waals surface area contributed by atoms with Crippen molar-refractivity contribution in [3.8, 4) is 0 Å². The molecule has 4 nitrogen and oxygen atoms in total. The zero-order valence-corrected chi connectivity index (χ0v) is 10.2. The standard InChI is InChI=1S/C9H12N4S2/c1-6(2)8-11-12-9(14)13(8)5-7-10-3-4-15-7/h3-4,6H,5H2,1-2H3,(H,12,14). The summed E-state index contributed by atoms with van der Waals surface area (Å²) in [7, 11) is 0. The van der Waals surface area contributed by atoms with Gasteiger partial charge in [0.15, 0.2) is 4.77 Å². The predicted molar refractivity (Wildman–Crippen MR) is 62.7 cm³/mol. The van der Waals surface area contributed by atoms with Crippen molar-refractivity contribution in [2.45, 2.75) is 26.3 Å². The van der Waals surface area contributed by atoms with Crippen LogP contribution in [0.1, 0.15) is 30.6 Å². The van der Waals surface area contributed by atoms with E-state index in [0.29, 0.717) is 17.2 Å². The Morgan fingerprint density at radius 1 is 1.60 bits per heavy atom. The largest absolute Gasteiger partial charge is 0.297 e. The van der Waals surface area contributed by atoms with Gasteiger partial charge >= 0.3 is 0 Å². The summed E-state index contributed by atoms with van der Waals surface area (Å²) in [5.41, 5.74) is 0. The Balaban J connectivity index is 2.35. The first-order valence-corrected chi connectivity index (χ1v) is 6.00. The first-order valence-electron chi connectivity index (χ1n) is 4.72. The van der Waals surface area contributed by atoms with Crippen molar-refractivity contribution in [3.05, 3.63) is 27.2 Å². The van der Waals surface area contributed by atoms with Gasteiger partial charge in [-0.1, -0.05) is 13.8 Å². The minimum atomic E-state index is 0.359. The molecule has 0 unspecified atom stereocenters. The molecule has 1 N–H and O–H groups in total. The van der Waals surface area contributed by atoms with Crippen molar-refractivity contribution in [1.29, 1.82) is 0 Å². The Kier molecular flexibility index (Phi) is 2.97. The summed E-state index contributed by atoms with van der Waals surface area (Å²) in [5.74, 6) is 1.34. The fourth-order valence-electron chi connectivity index (χ4n) is 1.39. The highest BCUT2D eigenvalue weighted by atomic mass is 32.1. The molecule has 0 aliphatic carbocycles. The highest BCUT2D eigenvalue weighted by Crippen LogP contribution is 2.14. The maximum atomic E-state index is 5.19. The highest BCUT2D eigenvalue weighted by Gasteiger charge is 2.10. The van der Waals surface area contributed by atoms with Crippen LogP contribution >= 0.6 is 23.6 Å². The summed E-state index contributed by atoms with van der Waals surface area (Å²) in [6.07, 6.45) is 1.80. The van der Waals surface area contributed by atoms with E-state index in [9.17, 15) is 0 Å². The van der Waals surface area contributed by atoms with E-state index in [1.54, 1.807) is 17.5 Å². The van der Waals surface area contributed by atoms with Crippen LogP contribution in [0.4, 0.5) is 0 Å². The van der Waals surface area contributed by atoms with E-state index in [4.69, 9.17) is 12.2 Å². The number of nitrogens with zero attached hydrogens (tertiary/aromatic N) is 3. The Bertz CT molecular complexity index is 480. The molecule has 2 aromatic rings. The van der Waals surface area contributed by atoms with E-state index < -0.39 is 0 Å². The van der Waals surface area contributed by atoms with E-state index in [1.165, 1.54) is 0 Å². The molecule has 0 aliphatic heterocycles. The van der Waals surface area contributed by atoms with Crippen LogP contribution in [-0.4, -0.2) is 19.7 Å². The van der Waals surface area contributed by atoms with Crippen LogP contribution in [-0.2, 0) is 6.54 Å². The van der Waals surface area contributed by atoms with E-state index >= 15 is 0 Å². The number of aromatic nitrogens is 4. The Hall–Kier alpha value is -1.01. The lowest BCUT2D eigenvalue weighted by Gasteiger charge is -2.06. The smallest absolute Gasteiger partial charge is 0.195 e. The average molecular weight is 240 g/mol. The molecular weight excluding hydrogens is 228 g/mol. The lowest BCUT2D eigenvalue weighted by Crippen LogP contribution is -2.06. The fourth-order valence-corrected chi connectivity index (χ4v) is 2.20. The summed E-state index contributed by atoms with van der Waals surface area (Å²) in [4.78, 5) is 4.24. The Morgan fingerprint density at radius 2 is 2.40 bits per heavy atom. The maximum Gasteiger partial charge on any atom is 0.195 e. The third-order valence-corrected chi connectivity index (χ3v) is 3.16. The molecular formula is C9H12N4S2. The predicted octanol–water partition coefficient (Wildman–Crippen LogP) is 2.57. The van der Waals surface area contributed by atoms with Crippen LogP contribution in [0.3, 0.4) is 0 Å². The highest BCUT2D eigenvalue weighted by molar-refractivity contribution is 7.71. The minimum absolute atomic E-state index is 0.359. The fraction of sp³-hybridized carbons (Fsp3) is 0.444. The Morgan fingerprint density at radius 3 is 3.00 bits per heavy atom. The van der Waals surface area contributed by atoms with Crippen LogP contribution in [0.2, 0.25) is 0 Å². The molecule has 0 amide bonds. The van der Waals surface area contributed by atoms with Crippen molar-refractivity contribution in [1.82, 2.24) is 19.7 Å². The second kappa shape index (κ2) is 4.24. The van der Waals surface area contributed by atoms with E-state index in [-0.39, 0.29) is 0 Å². The van der Waals surface area contributed by atoms with Crippen molar-refractivity contribution < 1.29 is 0 Å². The van der Waals surface area contributed by atoms with Gasteiger partial charge in [0.1, 0.15) is 10.8 Å². The van der Waals surface area contributed by atoms with Crippen molar-refractivity contribution in [3.63, 3.8) is 0 Å². The zero-order chi connectivity index (χ0) is 10.8. The van der Waals surface area contributed by atoms with Gasteiger partial charge in [-0.25, -0.2) is 4.98 Å². The summed E-state index contributed by atoms with van der Waals surface area (Å²) < 4.78 is 2.66. The SMILES string of the molecule is CC(C)c1n[nH]c(=S)n1Cc1nccs1. The van der Waals surface area contributed by atoms with Crippen molar-refractivity contribution >= 4 is 23.6 Å². The molecule has 0 saturated carbocycles. The van der Waals surface area contributed by atoms with Gasteiger partial charge < -0.3 is 0 Å². The second-order valence-corrected chi connectivity index (χ2v) is 4.92. The van der Waals surface area contributed by atoms with Gasteiger partial charge in [0.05, 0.1) is 6.54 Å². The first-order chi connectivity index (χ1) is 7.18. The van der Waals surface area contributed by atoms with Crippen molar-refractivity contribution in [2.24, 2.45) is 0 Å². The topological polar surface area (TPSA) is 46.5 Å². The van der Waals surface area contributed by atoms with Gasteiger partial charge in [-0.2, -0.15) is 5.10 Å². The molecule has 0 atom stereocenters. The molecule has 2 heterocycles. The monoisotopic (exact) mass is 240 g/mol. The molecule has 0 fully saturated rings. The first kappa shape index (κ1) is 10.5. The normalized spacial score (nSPS) is 11.1. The molecule has 0 aliphatic rings. The van der Waals surface area contributed by atoms with Gasteiger partial charge in [-0.3, -0.25) is 9.67 Å². The summed E-state index contributed by atoms with van der Waals surface area (Å²) in [5, 5.41) is 10.1. The quantitative estimate of drug-likeness (QED) is 0.839. The van der Waals surface area contributed by atoms with Crippen LogP contribution in [0.25, 0.3) is 0 Å². The lowest BCUT2D eigenvalue weighted by atomic mass is 10.2. The van der Waals surface area contributed by atoms with Gasteiger partial charge in [0, 0.05) is 17.5 Å². The van der Waals surface area contributed by atoms with Crippen LogP contribution in [0.5, 0.6) is 0 Å². The molecule has 80 valence electrons. The van der Waals surface area contributed by atoms with E-state index in [2.05, 4.69) is 29.0 Å². The number of aromatic amines is 1. The number of rotatable bonds is 3. The molecule has 0 radical (unpaired) electrons. The lowest BCUT2D eigenvalue weighted by molar-refractivity contribution is 0.662. The molecule has 0 spiro atoms. The Labute approximate surface area is 97.0 Å². The minimum Gasteiger partial charge on any atom is -0.297 e. The summed E-state index contributed by atoms with van der Waals surface area (Å²) in [6, 6.07) is 0. The van der Waals surface area contributed by atoms with Gasteiger partial charge in [-0.05, 0) is 12.2 Å². The third kappa shape index (κ3) is 2.15. The van der Waals surface area contributed by atoms with Gasteiger partial charge in [0.2, 0.25) is 0 Å². The molecule has 6 heteroatoms. The van der Waals surface area contributed by atoms with E-state index in [0.717, 1.165) is 10.8 Å². The molecule has 15 heavy (non-hydrogen) atoms. The molecule has 0 bridgehead atoms. The van der Waals surface area contributed by atoms with Gasteiger partial charge in [0.25, 0.3) is 0 Å².